The number of nitrogens with zero attached hydrogens (tertiary/aromatic N) is 5. The molecule has 1 fully saturated rings. The highest BCUT2D eigenvalue weighted by atomic mass is 16.5. The van der Waals surface area contributed by atoms with E-state index < -0.39 is 0 Å². The number of likely N-dealkylation sites (tertiary alicyclic amines) is 1. The van der Waals surface area contributed by atoms with Crippen LogP contribution < -0.4 is 0 Å². The highest BCUT2D eigenvalue weighted by molar-refractivity contribution is 5.08. The summed E-state index contributed by atoms with van der Waals surface area (Å²) in [5, 5.41) is 4.12. The van der Waals surface area contributed by atoms with Gasteiger partial charge >= 0.3 is 0 Å². The molecule has 0 spiro atoms. The maximum Gasteiger partial charge on any atom is 0.240 e. The van der Waals surface area contributed by atoms with Gasteiger partial charge in [0.05, 0.1) is 6.54 Å². The molecular weight excluding hydrogens is 314 g/mol. The van der Waals surface area contributed by atoms with Crippen molar-refractivity contribution in [1.82, 2.24) is 24.9 Å². The van der Waals surface area contributed by atoms with Gasteiger partial charge < -0.3 is 9.42 Å². The Morgan fingerprint density at radius 3 is 2.88 bits per heavy atom. The van der Waals surface area contributed by atoms with E-state index in [1.807, 2.05) is 18.5 Å². The summed E-state index contributed by atoms with van der Waals surface area (Å²) in [6.45, 7) is 11.3. The molecule has 0 bridgehead atoms. The molecule has 25 heavy (non-hydrogen) atoms. The molecule has 0 radical (unpaired) electrons. The molecule has 1 aliphatic heterocycles. The van der Waals surface area contributed by atoms with Crippen LogP contribution in [-0.4, -0.2) is 51.6 Å². The Kier molecular flexibility index (Phi) is 5.49. The molecule has 1 saturated heterocycles. The summed E-state index contributed by atoms with van der Waals surface area (Å²) in [7, 11) is 2.18. The third-order valence-corrected chi connectivity index (χ3v) is 4.61. The van der Waals surface area contributed by atoms with E-state index in [1.165, 1.54) is 12.0 Å². The highest BCUT2D eigenvalue weighted by Gasteiger charge is 2.26. The van der Waals surface area contributed by atoms with Crippen molar-refractivity contribution in [2.45, 2.75) is 45.7 Å². The van der Waals surface area contributed by atoms with Gasteiger partial charge in [0.25, 0.3) is 0 Å². The minimum atomic E-state index is -0.0652. The maximum atomic E-state index is 5.43. The molecule has 0 amide bonds. The quantitative estimate of drug-likeness (QED) is 0.804. The molecule has 1 aliphatic rings. The van der Waals surface area contributed by atoms with Crippen molar-refractivity contribution in [3.05, 3.63) is 41.8 Å². The summed E-state index contributed by atoms with van der Waals surface area (Å²) in [5.74, 6) is 2.20. The number of rotatable bonds is 6. The molecule has 0 saturated carbocycles. The van der Waals surface area contributed by atoms with Crippen LogP contribution in [0, 0.1) is 5.92 Å². The predicted octanol–water partition coefficient (Wildman–Crippen LogP) is 2.72. The van der Waals surface area contributed by atoms with E-state index in [0.29, 0.717) is 5.92 Å². The number of pyridine rings is 1. The first-order chi connectivity index (χ1) is 11.9. The van der Waals surface area contributed by atoms with Crippen LogP contribution in [0.2, 0.25) is 0 Å². The van der Waals surface area contributed by atoms with Crippen molar-refractivity contribution in [3.8, 4) is 0 Å². The molecule has 6 heteroatoms. The fourth-order valence-electron chi connectivity index (χ4n) is 3.33. The van der Waals surface area contributed by atoms with E-state index in [-0.39, 0.29) is 5.41 Å². The molecule has 2 aromatic heterocycles. The van der Waals surface area contributed by atoms with Gasteiger partial charge in [-0.15, -0.1) is 0 Å². The zero-order valence-corrected chi connectivity index (χ0v) is 15.8. The van der Waals surface area contributed by atoms with Gasteiger partial charge in [-0.05, 0) is 37.6 Å². The van der Waals surface area contributed by atoms with Crippen LogP contribution in [0.5, 0.6) is 0 Å². The van der Waals surface area contributed by atoms with E-state index in [2.05, 4.69) is 58.8 Å². The molecule has 1 atom stereocenters. The number of hydrogen-bond acceptors (Lipinski definition) is 6. The molecule has 3 heterocycles. The van der Waals surface area contributed by atoms with Crippen LogP contribution >= 0.6 is 0 Å². The molecule has 136 valence electrons. The van der Waals surface area contributed by atoms with E-state index in [9.17, 15) is 0 Å². The van der Waals surface area contributed by atoms with Crippen LogP contribution in [0.15, 0.2) is 29.0 Å². The normalized spacial score (nSPS) is 19.0. The molecule has 0 N–H and O–H groups in total. The number of aromatic nitrogens is 3. The fourth-order valence-corrected chi connectivity index (χ4v) is 3.33. The van der Waals surface area contributed by atoms with Gasteiger partial charge in [-0.3, -0.25) is 9.88 Å². The highest BCUT2D eigenvalue weighted by Crippen LogP contribution is 2.22. The van der Waals surface area contributed by atoms with Gasteiger partial charge in [-0.1, -0.05) is 32.0 Å². The van der Waals surface area contributed by atoms with Crippen molar-refractivity contribution in [2.24, 2.45) is 5.92 Å². The van der Waals surface area contributed by atoms with Crippen molar-refractivity contribution >= 4 is 0 Å². The Labute approximate surface area is 150 Å². The van der Waals surface area contributed by atoms with Gasteiger partial charge in [0.1, 0.15) is 0 Å². The third kappa shape index (κ3) is 5.09. The summed E-state index contributed by atoms with van der Waals surface area (Å²) in [4.78, 5) is 13.5. The van der Waals surface area contributed by atoms with Crippen LogP contribution in [0.4, 0.5) is 0 Å². The smallest absolute Gasteiger partial charge is 0.240 e. The van der Waals surface area contributed by atoms with Gasteiger partial charge in [0.2, 0.25) is 5.89 Å². The van der Waals surface area contributed by atoms with Crippen molar-refractivity contribution in [1.29, 1.82) is 0 Å². The third-order valence-electron chi connectivity index (χ3n) is 4.61. The molecule has 6 nitrogen and oxygen atoms in total. The lowest BCUT2D eigenvalue weighted by atomic mass is 9.96. The fraction of sp³-hybridized carbons (Fsp3) is 0.632. The standard InChI is InChI=1S/C19H29N5O/c1-19(2,3)18-21-17(25-22-18)14-24-9-7-16(13-24)12-23(4)11-15-6-5-8-20-10-15/h5-6,8,10,16H,7,9,11-14H2,1-4H3/t16-/m1/s1. The molecule has 0 aliphatic carbocycles. The Balaban J connectivity index is 1.46. The van der Waals surface area contributed by atoms with Gasteiger partial charge in [0, 0.05) is 37.4 Å². The van der Waals surface area contributed by atoms with Gasteiger partial charge in [0.15, 0.2) is 5.82 Å². The average molecular weight is 343 g/mol. The second kappa shape index (κ2) is 7.62. The predicted molar refractivity (Wildman–Crippen MR) is 97.0 cm³/mol. The topological polar surface area (TPSA) is 58.3 Å². The van der Waals surface area contributed by atoms with Crippen LogP contribution in [-0.2, 0) is 18.5 Å². The number of hydrogen-bond donors (Lipinski definition) is 0. The monoisotopic (exact) mass is 343 g/mol. The average Bonchev–Trinajstić information content (AvgIpc) is 3.18. The molecule has 0 aromatic carbocycles. The lowest BCUT2D eigenvalue weighted by Gasteiger charge is -2.21. The van der Waals surface area contributed by atoms with E-state index in [4.69, 9.17) is 4.52 Å². The Bertz CT molecular complexity index is 664. The second-order valence-electron chi connectivity index (χ2n) is 8.21. The maximum absolute atomic E-state index is 5.43. The summed E-state index contributed by atoms with van der Waals surface area (Å²) < 4.78 is 5.43. The largest absolute Gasteiger partial charge is 0.338 e. The first kappa shape index (κ1) is 18.0. The zero-order chi connectivity index (χ0) is 17.9. The Morgan fingerprint density at radius 2 is 2.20 bits per heavy atom. The van der Waals surface area contributed by atoms with Crippen LogP contribution in [0.25, 0.3) is 0 Å². The summed E-state index contributed by atoms with van der Waals surface area (Å²) in [5.41, 5.74) is 1.20. The molecule has 2 aromatic rings. The SMILES string of the molecule is CN(Cc1cccnc1)C[C@H]1CCN(Cc2nc(C(C)(C)C)no2)C1. The lowest BCUT2D eigenvalue weighted by molar-refractivity contribution is 0.236. The first-order valence-corrected chi connectivity index (χ1v) is 9.03. The van der Waals surface area contributed by atoms with E-state index in [1.54, 1.807) is 0 Å². The summed E-state index contributed by atoms with van der Waals surface area (Å²) in [6.07, 6.45) is 4.98. The molecule has 0 unspecified atom stereocenters. The molecule has 3 rings (SSSR count). The minimum absolute atomic E-state index is 0.0652. The Morgan fingerprint density at radius 1 is 1.36 bits per heavy atom. The second-order valence-corrected chi connectivity index (χ2v) is 8.21. The lowest BCUT2D eigenvalue weighted by Crippen LogP contribution is -2.28. The van der Waals surface area contributed by atoms with Crippen LogP contribution in [0.1, 0.15) is 44.5 Å². The molecular formula is C19H29N5O. The van der Waals surface area contributed by atoms with Crippen molar-refractivity contribution in [3.63, 3.8) is 0 Å². The van der Waals surface area contributed by atoms with E-state index in [0.717, 1.165) is 44.4 Å². The van der Waals surface area contributed by atoms with Gasteiger partial charge in [-0.25, -0.2) is 0 Å². The first-order valence-electron chi connectivity index (χ1n) is 9.03. The van der Waals surface area contributed by atoms with E-state index >= 15 is 0 Å². The summed E-state index contributed by atoms with van der Waals surface area (Å²) in [6, 6.07) is 4.13. The zero-order valence-electron chi connectivity index (χ0n) is 15.8. The van der Waals surface area contributed by atoms with Crippen LogP contribution in [0.3, 0.4) is 0 Å². The Hall–Kier alpha value is -1.79. The van der Waals surface area contributed by atoms with Crippen molar-refractivity contribution in [2.75, 3.05) is 26.7 Å². The summed E-state index contributed by atoms with van der Waals surface area (Å²) >= 11 is 0. The van der Waals surface area contributed by atoms with Crippen molar-refractivity contribution < 1.29 is 4.52 Å². The van der Waals surface area contributed by atoms with Gasteiger partial charge in [-0.2, -0.15) is 4.98 Å². The minimum Gasteiger partial charge on any atom is -0.338 e.